The number of rotatable bonds is 5. The van der Waals surface area contributed by atoms with Crippen LogP contribution in [-0.4, -0.2) is 59.1 Å². The molecule has 2 heterocycles. The van der Waals surface area contributed by atoms with Gasteiger partial charge in [0.2, 0.25) is 0 Å². The van der Waals surface area contributed by atoms with E-state index in [2.05, 4.69) is 9.88 Å². The Labute approximate surface area is 125 Å². The van der Waals surface area contributed by atoms with Crippen molar-refractivity contribution < 1.29 is 19.7 Å². The minimum atomic E-state index is -0.970. The number of pyridine rings is 1. The van der Waals surface area contributed by atoms with Gasteiger partial charge in [-0.3, -0.25) is 9.88 Å². The zero-order valence-electron chi connectivity index (χ0n) is 12.9. The summed E-state index contributed by atoms with van der Waals surface area (Å²) in [7, 11) is 3.18. The zero-order valence-corrected chi connectivity index (χ0v) is 12.9. The molecule has 118 valence electrons. The molecule has 2 rings (SSSR count). The van der Waals surface area contributed by atoms with Crippen molar-refractivity contribution in [2.45, 2.75) is 38.0 Å². The third-order valence-electron chi connectivity index (χ3n) is 4.26. The Kier molecular flexibility index (Phi) is 5.03. The fourth-order valence-electron chi connectivity index (χ4n) is 2.76. The lowest BCUT2D eigenvalue weighted by atomic mass is 9.86. The summed E-state index contributed by atoms with van der Waals surface area (Å²) < 4.78 is 10.6. The molecule has 21 heavy (non-hydrogen) atoms. The van der Waals surface area contributed by atoms with Gasteiger partial charge in [0, 0.05) is 31.9 Å². The summed E-state index contributed by atoms with van der Waals surface area (Å²) in [4.78, 5) is 6.41. The topological polar surface area (TPSA) is 75.1 Å². The van der Waals surface area contributed by atoms with Crippen LogP contribution in [-0.2, 0) is 6.54 Å². The molecule has 0 saturated carbocycles. The van der Waals surface area contributed by atoms with Crippen LogP contribution in [0.25, 0.3) is 0 Å². The molecule has 1 aliphatic rings. The average molecular weight is 296 g/mol. The normalized spacial score (nSPS) is 26.6. The number of hydrogen-bond donors (Lipinski definition) is 2. The highest BCUT2D eigenvalue weighted by Gasteiger charge is 2.39. The number of β-amino-alcohol motifs (C(OH)–C–C–N with tert-alkyl or cyclic N) is 1. The van der Waals surface area contributed by atoms with Crippen molar-refractivity contribution in [3.05, 3.63) is 18.0 Å². The highest BCUT2D eigenvalue weighted by molar-refractivity contribution is 5.42. The second-order valence-electron chi connectivity index (χ2n) is 5.45. The van der Waals surface area contributed by atoms with Gasteiger partial charge in [-0.2, -0.15) is 0 Å². The summed E-state index contributed by atoms with van der Waals surface area (Å²) in [6.45, 7) is 3.58. The average Bonchev–Trinajstić information content (AvgIpc) is 2.50. The zero-order chi connectivity index (χ0) is 15.5. The van der Waals surface area contributed by atoms with E-state index >= 15 is 0 Å². The SMILES string of the molecule is CC[C@@]1(O)CCN(Cc2nccc(OC)c2OC)C[C@H]1O. The standard InChI is InChI=1S/C15H24N2O4/c1-4-15(19)6-8-17(10-13(15)18)9-11-14(21-3)12(20-2)5-7-16-11/h5,7,13,18-19H,4,6,8-10H2,1-3H3/t13-,15-/m1/s1. The molecule has 2 N–H and O–H groups in total. The van der Waals surface area contributed by atoms with Gasteiger partial charge in [0.05, 0.1) is 25.9 Å². The maximum absolute atomic E-state index is 10.3. The minimum Gasteiger partial charge on any atom is -0.493 e. The van der Waals surface area contributed by atoms with Crippen LogP contribution in [0.1, 0.15) is 25.5 Å². The smallest absolute Gasteiger partial charge is 0.183 e. The summed E-state index contributed by atoms with van der Waals surface area (Å²) in [6.07, 6.45) is 2.05. The van der Waals surface area contributed by atoms with Crippen molar-refractivity contribution in [1.82, 2.24) is 9.88 Å². The van der Waals surface area contributed by atoms with E-state index in [1.165, 1.54) is 0 Å². The van der Waals surface area contributed by atoms with Crippen LogP contribution in [0.5, 0.6) is 11.5 Å². The predicted octanol–water partition coefficient (Wildman–Crippen LogP) is 0.806. The summed E-state index contributed by atoms with van der Waals surface area (Å²) >= 11 is 0. The fourth-order valence-corrected chi connectivity index (χ4v) is 2.76. The van der Waals surface area contributed by atoms with Crippen molar-refractivity contribution in [2.24, 2.45) is 0 Å². The Morgan fingerprint density at radius 1 is 1.43 bits per heavy atom. The molecule has 1 aromatic heterocycles. The second kappa shape index (κ2) is 6.60. The molecule has 0 bridgehead atoms. The number of aromatic nitrogens is 1. The minimum absolute atomic E-state index is 0.423. The molecular weight excluding hydrogens is 272 g/mol. The number of nitrogens with zero attached hydrogens (tertiary/aromatic N) is 2. The molecule has 0 spiro atoms. The molecule has 6 heteroatoms. The number of ether oxygens (including phenoxy) is 2. The maximum atomic E-state index is 10.3. The summed E-state index contributed by atoms with van der Waals surface area (Å²) in [5.41, 5.74) is -0.200. The van der Waals surface area contributed by atoms with E-state index in [0.717, 1.165) is 5.69 Å². The van der Waals surface area contributed by atoms with Gasteiger partial charge in [-0.25, -0.2) is 0 Å². The van der Waals surface area contributed by atoms with Crippen LogP contribution in [0, 0.1) is 0 Å². The Bertz CT molecular complexity index is 483. The third kappa shape index (κ3) is 3.28. The Balaban J connectivity index is 2.10. The van der Waals surface area contributed by atoms with E-state index in [9.17, 15) is 10.2 Å². The summed E-state index contributed by atoms with van der Waals surface area (Å²) in [6, 6.07) is 1.75. The highest BCUT2D eigenvalue weighted by Crippen LogP contribution is 2.32. The largest absolute Gasteiger partial charge is 0.493 e. The van der Waals surface area contributed by atoms with E-state index < -0.39 is 11.7 Å². The molecule has 0 radical (unpaired) electrons. The van der Waals surface area contributed by atoms with Gasteiger partial charge in [0.15, 0.2) is 11.5 Å². The number of piperidine rings is 1. The van der Waals surface area contributed by atoms with Crippen LogP contribution in [0.3, 0.4) is 0 Å². The lowest BCUT2D eigenvalue weighted by molar-refractivity contribution is -0.122. The monoisotopic (exact) mass is 296 g/mol. The van der Waals surface area contributed by atoms with Crippen molar-refractivity contribution in [2.75, 3.05) is 27.3 Å². The van der Waals surface area contributed by atoms with Gasteiger partial charge in [0.25, 0.3) is 0 Å². The first-order valence-electron chi connectivity index (χ1n) is 7.22. The first-order chi connectivity index (χ1) is 10.0. The molecule has 1 saturated heterocycles. The van der Waals surface area contributed by atoms with Gasteiger partial charge < -0.3 is 19.7 Å². The lowest BCUT2D eigenvalue weighted by Gasteiger charge is -2.41. The Morgan fingerprint density at radius 3 is 2.76 bits per heavy atom. The first-order valence-corrected chi connectivity index (χ1v) is 7.22. The van der Waals surface area contributed by atoms with Gasteiger partial charge in [-0.15, -0.1) is 0 Å². The van der Waals surface area contributed by atoms with Crippen molar-refractivity contribution in [3.63, 3.8) is 0 Å². The fraction of sp³-hybridized carbons (Fsp3) is 0.667. The Morgan fingerprint density at radius 2 is 2.19 bits per heavy atom. The van der Waals surface area contributed by atoms with Crippen molar-refractivity contribution in [3.8, 4) is 11.5 Å². The molecule has 1 fully saturated rings. The Hall–Kier alpha value is -1.37. The van der Waals surface area contributed by atoms with Gasteiger partial charge in [-0.1, -0.05) is 6.92 Å². The van der Waals surface area contributed by atoms with E-state index in [1.54, 1.807) is 26.5 Å². The molecule has 0 amide bonds. The molecule has 6 nitrogen and oxygen atoms in total. The van der Waals surface area contributed by atoms with Crippen molar-refractivity contribution in [1.29, 1.82) is 0 Å². The maximum Gasteiger partial charge on any atom is 0.183 e. The molecule has 2 atom stereocenters. The summed E-state index contributed by atoms with van der Waals surface area (Å²) in [5.74, 6) is 1.26. The number of aliphatic hydroxyl groups excluding tert-OH is 1. The quantitative estimate of drug-likeness (QED) is 0.837. The van der Waals surface area contributed by atoms with E-state index in [-0.39, 0.29) is 0 Å². The third-order valence-corrected chi connectivity index (χ3v) is 4.26. The van der Waals surface area contributed by atoms with Crippen molar-refractivity contribution >= 4 is 0 Å². The van der Waals surface area contributed by atoms with Gasteiger partial charge in [0.1, 0.15) is 5.69 Å². The van der Waals surface area contributed by atoms with Crippen LogP contribution < -0.4 is 9.47 Å². The van der Waals surface area contributed by atoms with Gasteiger partial charge in [-0.05, 0) is 12.8 Å². The number of methoxy groups -OCH3 is 2. The van der Waals surface area contributed by atoms with E-state index in [0.29, 0.717) is 44.0 Å². The van der Waals surface area contributed by atoms with Gasteiger partial charge >= 0.3 is 0 Å². The van der Waals surface area contributed by atoms with Crippen LogP contribution in [0.2, 0.25) is 0 Å². The predicted molar refractivity (Wildman–Crippen MR) is 78.5 cm³/mol. The lowest BCUT2D eigenvalue weighted by Crippen LogP contribution is -2.54. The molecule has 0 unspecified atom stereocenters. The number of aliphatic hydroxyl groups is 2. The van der Waals surface area contributed by atoms with E-state index in [4.69, 9.17) is 9.47 Å². The van der Waals surface area contributed by atoms with Crippen LogP contribution >= 0.6 is 0 Å². The number of hydrogen-bond acceptors (Lipinski definition) is 6. The second-order valence-corrected chi connectivity index (χ2v) is 5.45. The summed E-state index contributed by atoms with van der Waals surface area (Å²) in [5, 5.41) is 20.4. The molecule has 1 aliphatic heterocycles. The number of likely N-dealkylation sites (tertiary alicyclic amines) is 1. The van der Waals surface area contributed by atoms with Crippen LogP contribution in [0.4, 0.5) is 0 Å². The molecular formula is C15H24N2O4. The molecule has 0 aromatic carbocycles. The van der Waals surface area contributed by atoms with Crippen LogP contribution in [0.15, 0.2) is 12.3 Å². The molecule has 1 aromatic rings. The highest BCUT2D eigenvalue weighted by atomic mass is 16.5. The first kappa shape index (κ1) is 16.0. The molecule has 0 aliphatic carbocycles. The van der Waals surface area contributed by atoms with E-state index in [1.807, 2.05) is 6.92 Å².